The molecule has 3 aromatic rings. The fraction of sp³-hybridized carbons (Fsp3) is 0.400. The van der Waals surface area contributed by atoms with Gasteiger partial charge < -0.3 is 30.5 Å². The second-order valence-electron chi connectivity index (χ2n) is 12.4. The predicted octanol–water partition coefficient (Wildman–Crippen LogP) is 3.23. The zero-order chi connectivity index (χ0) is 32.3. The number of rotatable bonds is 10. The van der Waals surface area contributed by atoms with Gasteiger partial charge >= 0.3 is 0 Å². The summed E-state index contributed by atoms with van der Waals surface area (Å²) in [6, 6.07) is 20.1. The maximum Gasteiger partial charge on any atom is 0.258 e. The molecule has 5 rings (SSSR count). The van der Waals surface area contributed by atoms with E-state index in [9.17, 15) is 24.6 Å². The molecule has 1 heterocycles. The van der Waals surface area contributed by atoms with Crippen molar-refractivity contribution in [1.82, 2.24) is 15.5 Å². The van der Waals surface area contributed by atoms with Gasteiger partial charge in [0.05, 0.1) is 24.1 Å². The van der Waals surface area contributed by atoms with Crippen LogP contribution in [0, 0.1) is 13.8 Å². The maximum absolute atomic E-state index is 14.0. The minimum Gasteiger partial charge on any atom is -0.483 e. The predicted molar refractivity (Wildman–Crippen MR) is 174 cm³/mol. The summed E-state index contributed by atoms with van der Waals surface area (Å²) in [5.74, 6) is -0.741. The number of hydrogen-bond acceptors (Lipinski definition) is 7. The number of hydrogen-bond donors (Lipinski definition) is 4. The van der Waals surface area contributed by atoms with E-state index in [4.69, 9.17) is 4.74 Å². The number of nitrogens with zero attached hydrogens (tertiary/aromatic N) is 1. The Labute approximate surface area is 268 Å². The molecule has 10 heteroatoms. The van der Waals surface area contributed by atoms with Gasteiger partial charge in [-0.3, -0.25) is 14.4 Å². The number of amides is 3. The van der Waals surface area contributed by atoms with Crippen LogP contribution in [0.1, 0.15) is 47.7 Å². The van der Waals surface area contributed by atoms with Gasteiger partial charge in [0, 0.05) is 11.2 Å². The van der Waals surface area contributed by atoms with E-state index in [1.165, 1.54) is 16.7 Å². The van der Waals surface area contributed by atoms with Gasteiger partial charge in [0.2, 0.25) is 5.91 Å². The number of carbonyl (C=O) groups excluding carboxylic acids is 3. The standard InChI is InChI=1S/C35H41N3O6S/c1-21-11-10-12-22(2)31(21)44-19-28(40)36-26(17-23-13-6-5-7-14-23)30(41)34(43)38-20-45-35(3,4)32(38)33(42)37-29-25-16-9-8-15-24(25)18-27(29)39/h5-16,26-27,29-30,32,39,41H,17-20H2,1-4H3,(H,36,40)(H,37,42)/t26-,27+,29-,30+,32+/m0/s1. The van der Waals surface area contributed by atoms with Crippen molar-refractivity contribution in [3.63, 3.8) is 0 Å². The molecule has 0 aromatic heterocycles. The zero-order valence-electron chi connectivity index (χ0n) is 26.0. The molecular formula is C35H41N3O6S. The summed E-state index contributed by atoms with van der Waals surface area (Å²) in [6.45, 7) is 7.27. The summed E-state index contributed by atoms with van der Waals surface area (Å²) in [5, 5.41) is 28.1. The van der Waals surface area contributed by atoms with Crippen molar-refractivity contribution in [1.29, 1.82) is 0 Å². The van der Waals surface area contributed by atoms with Gasteiger partial charge in [-0.2, -0.15) is 0 Å². The van der Waals surface area contributed by atoms with E-state index in [2.05, 4.69) is 10.6 Å². The molecule has 238 valence electrons. The number of carbonyl (C=O) groups is 3. The highest BCUT2D eigenvalue weighted by Gasteiger charge is 2.50. The monoisotopic (exact) mass is 631 g/mol. The van der Waals surface area contributed by atoms with Crippen LogP contribution >= 0.6 is 11.8 Å². The normalized spacial score (nSPS) is 21.5. The minimum absolute atomic E-state index is 0.187. The van der Waals surface area contributed by atoms with Crippen molar-refractivity contribution >= 4 is 29.5 Å². The largest absolute Gasteiger partial charge is 0.483 e. The molecule has 0 spiro atoms. The van der Waals surface area contributed by atoms with Gasteiger partial charge in [0.15, 0.2) is 12.7 Å². The molecule has 1 saturated heterocycles. The Morgan fingerprint density at radius 2 is 1.67 bits per heavy atom. The van der Waals surface area contributed by atoms with Crippen molar-refractivity contribution in [2.75, 3.05) is 12.5 Å². The number of nitrogens with one attached hydrogen (secondary N) is 2. The lowest BCUT2D eigenvalue weighted by Crippen LogP contribution is -2.59. The molecule has 9 nitrogen and oxygen atoms in total. The molecule has 3 aromatic carbocycles. The molecule has 1 fully saturated rings. The Hall–Kier alpha value is -3.86. The smallest absolute Gasteiger partial charge is 0.258 e. The molecule has 5 atom stereocenters. The topological polar surface area (TPSA) is 128 Å². The van der Waals surface area contributed by atoms with Crippen molar-refractivity contribution in [3.8, 4) is 5.75 Å². The first-order valence-electron chi connectivity index (χ1n) is 15.2. The summed E-state index contributed by atoms with van der Waals surface area (Å²) >= 11 is 1.44. The molecule has 0 saturated carbocycles. The van der Waals surface area contributed by atoms with Crippen LogP contribution in [0.4, 0.5) is 0 Å². The van der Waals surface area contributed by atoms with Crippen LogP contribution in [0.15, 0.2) is 72.8 Å². The Morgan fingerprint density at radius 1 is 1.00 bits per heavy atom. The molecule has 1 aliphatic heterocycles. The van der Waals surface area contributed by atoms with Gasteiger partial charge in [-0.15, -0.1) is 11.8 Å². The highest BCUT2D eigenvalue weighted by molar-refractivity contribution is 8.00. The Balaban J connectivity index is 1.33. The summed E-state index contributed by atoms with van der Waals surface area (Å²) < 4.78 is 5.16. The second kappa shape index (κ2) is 13.6. The number of thioether (sulfide) groups is 1. The Bertz CT molecular complexity index is 1530. The van der Waals surface area contributed by atoms with E-state index < -0.39 is 52.8 Å². The summed E-state index contributed by atoms with van der Waals surface area (Å²) in [7, 11) is 0. The first-order chi connectivity index (χ1) is 21.5. The lowest BCUT2D eigenvalue weighted by molar-refractivity contribution is -0.148. The van der Waals surface area contributed by atoms with Gasteiger partial charge in [0.1, 0.15) is 11.8 Å². The minimum atomic E-state index is -1.63. The zero-order valence-corrected chi connectivity index (χ0v) is 26.8. The van der Waals surface area contributed by atoms with Crippen LogP contribution in [-0.2, 0) is 27.2 Å². The lowest BCUT2D eigenvalue weighted by atomic mass is 9.96. The number of ether oxygens (including phenoxy) is 1. The molecule has 45 heavy (non-hydrogen) atoms. The maximum atomic E-state index is 14.0. The average molecular weight is 632 g/mol. The summed E-state index contributed by atoms with van der Waals surface area (Å²) in [5.41, 5.74) is 4.44. The van der Waals surface area contributed by atoms with Gasteiger partial charge in [-0.25, -0.2) is 0 Å². The van der Waals surface area contributed by atoms with E-state index >= 15 is 0 Å². The van der Waals surface area contributed by atoms with Crippen LogP contribution in [0.2, 0.25) is 0 Å². The fourth-order valence-electron chi connectivity index (χ4n) is 6.26. The van der Waals surface area contributed by atoms with Crippen molar-refractivity contribution in [2.24, 2.45) is 0 Å². The summed E-state index contributed by atoms with van der Waals surface area (Å²) in [4.78, 5) is 42.3. The number of fused-ring (bicyclic) bond motifs is 1. The summed E-state index contributed by atoms with van der Waals surface area (Å²) in [6.07, 6.45) is -1.79. The van der Waals surface area contributed by atoms with Gasteiger partial charge in [0.25, 0.3) is 11.8 Å². The van der Waals surface area contributed by atoms with Crippen molar-refractivity contribution < 1.29 is 29.3 Å². The van der Waals surface area contributed by atoms with Crippen molar-refractivity contribution in [2.45, 2.75) is 75.6 Å². The van der Waals surface area contributed by atoms with Crippen LogP contribution in [-0.4, -0.2) is 74.4 Å². The fourth-order valence-corrected chi connectivity index (χ4v) is 7.40. The Kier molecular flexibility index (Phi) is 9.86. The number of benzene rings is 3. The highest BCUT2D eigenvalue weighted by atomic mass is 32.2. The number of aliphatic hydroxyl groups excluding tert-OH is 2. The van der Waals surface area contributed by atoms with E-state index in [0.717, 1.165) is 27.8 Å². The first kappa shape index (κ1) is 32.5. The highest BCUT2D eigenvalue weighted by Crippen LogP contribution is 2.41. The molecule has 0 bridgehead atoms. The molecule has 1 aliphatic carbocycles. The third kappa shape index (κ3) is 7.19. The number of aliphatic hydroxyl groups is 2. The molecule has 2 aliphatic rings. The SMILES string of the molecule is Cc1cccc(C)c1OCC(=O)N[C@@H](Cc1ccccc1)[C@@H](O)C(=O)N1CSC(C)(C)[C@H]1C(=O)N[C@H]1c2ccccc2C[C@H]1O. The van der Waals surface area contributed by atoms with Crippen LogP contribution in [0.25, 0.3) is 0 Å². The number of para-hydroxylation sites is 1. The van der Waals surface area contributed by atoms with E-state index in [1.807, 2.05) is 100 Å². The molecule has 0 radical (unpaired) electrons. The van der Waals surface area contributed by atoms with Crippen LogP contribution in [0.3, 0.4) is 0 Å². The van der Waals surface area contributed by atoms with Crippen molar-refractivity contribution in [3.05, 3.63) is 101 Å². The second-order valence-corrected chi connectivity index (χ2v) is 14.0. The average Bonchev–Trinajstić information content (AvgIpc) is 3.50. The quantitative estimate of drug-likeness (QED) is 0.271. The van der Waals surface area contributed by atoms with Gasteiger partial charge in [-0.1, -0.05) is 72.8 Å². The Morgan fingerprint density at radius 3 is 2.38 bits per heavy atom. The molecule has 3 amide bonds. The molecule has 0 unspecified atom stereocenters. The van der Waals surface area contributed by atoms with E-state index in [0.29, 0.717) is 12.2 Å². The third-order valence-electron chi connectivity index (χ3n) is 8.61. The molecular weight excluding hydrogens is 590 g/mol. The molecule has 4 N–H and O–H groups in total. The van der Waals surface area contributed by atoms with E-state index in [1.54, 1.807) is 0 Å². The van der Waals surface area contributed by atoms with Crippen LogP contribution in [0.5, 0.6) is 5.75 Å². The third-order valence-corrected chi connectivity index (χ3v) is 9.99. The van der Waals surface area contributed by atoms with Crippen LogP contribution < -0.4 is 15.4 Å². The number of aryl methyl sites for hydroxylation is 2. The van der Waals surface area contributed by atoms with E-state index in [-0.39, 0.29) is 18.9 Å². The lowest BCUT2D eigenvalue weighted by Gasteiger charge is -2.34. The van der Waals surface area contributed by atoms with Gasteiger partial charge in [-0.05, 0) is 61.9 Å². The first-order valence-corrected chi connectivity index (χ1v) is 16.2.